The number of amides is 1. The van der Waals surface area contributed by atoms with E-state index in [1.807, 2.05) is 0 Å². The first-order valence-electron chi connectivity index (χ1n) is 6.38. The van der Waals surface area contributed by atoms with Crippen molar-refractivity contribution in [3.63, 3.8) is 0 Å². The lowest BCUT2D eigenvalue weighted by Gasteiger charge is -2.09. The van der Waals surface area contributed by atoms with Gasteiger partial charge in [0, 0.05) is 28.9 Å². The Morgan fingerprint density at radius 3 is 3.14 bits per heavy atom. The van der Waals surface area contributed by atoms with Crippen LogP contribution < -0.4 is 10.6 Å². The van der Waals surface area contributed by atoms with Crippen molar-refractivity contribution < 1.29 is 4.79 Å². The Hall–Kier alpha value is -1.75. The number of benzene rings is 1. The Bertz CT molecular complexity index is 726. The molecule has 0 unspecified atom stereocenters. The molecule has 5 nitrogen and oxygen atoms in total. The SMILES string of the molecule is N#Cc1c(Br)cccc1NC(=O)c1nc2c(s1)CNCC2. The summed E-state index contributed by atoms with van der Waals surface area (Å²) in [7, 11) is 0. The summed E-state index contributed by atoms with van der Waals surface area (Å²) in [6.45, 7) is 1.66. The predicted molar refractivity (Wildman–Crippen MR) is 84.3 cm³/mol. The molecule has 0 aliphatic carbocycles. The van der Waals surface area contributed by atoms with Gasteiger partial charge in [0.25, 0.3) is 5.91 Å². The highest BCUT2D eigenvalue weighted by molar-refractivity contribution is 9.10. The van der Waals surface area contributed by atoms with Crippen LogP contribution in [-0.2, 0) is 13.0 Å². The lowest BCUT2D eigenvalue weighted by atomic mass is 10.2. The van der Waals surface area contributed by atoms with Gasteiger partial charge in [-0.1, -0.05) is 6.07 Å². The normalized spacial score (nSPS) is 13.3. The van der Waals surface area contributed by atoms with Gasteiger partial charge in [-0.25, -0.2) is 4.98 Å². The molecule has 0 saturated carbocycles. The van der Waals surface area contributed by atoms with Crippen LogP contribution in [0.1, 0.15) is 25.9 Å². The zero-order valence-corrected chi connectivity index (χ0v) is 13.3. The number of hydrogen-bond acceptors (Lipinski definition) is 5. The number of nitrogens with one attached hydrogen (secondary N) is 2. The lowest BCUT2D eigenvalue weighted by Crippen LogP contribution is -2.22. The molecule has 1 aliphatic heterocycles. The number of carbonyl (C=O) groups excluding carboxylic acids is 1. The summed E-state index contributed by atoms with van der Waals surface area (Å²) in [4.78, 5) is 17.8. The number of nitriles is 1. The standard InChI is InChI=1S/C14H11BrN4OS/c15-9-2-1-3-10(8(9)6-16)18-13(20)14-19-11-4-5-17-7-12(11)21-14/h1-3,17H,4-5,7H2,(H,18,20). The number of fused-ring (bicyclic) bond motifs is 1. The molecule has 1 aromatic heterocycles. The van der Waals surface area contributed by atoms with Crippen molar-refractivity contribution in [1.29, 1.82) is 5.26 Å². The van der Waals surface area contributed by atoms with Crippen molar-refractivity contribution in [2.75, 3.05) is 11.9 Å². The van der Waals surface area contributed by atoms with E-state index in [1.54, 1.807) is 18.2 Å². The predicted octanol–water partition coefficient (Wildman–Crippen LogP) is 2.68. The van der Waals surface area contributed by atoms with E-state index in [-0.39, 0.29) is 5.91 Å². The monoisotopic (exact) mass is 362 g/mol. The molecule has 0 fully saturated rings. The Balaban J connectivity index is 1.86. The Labute approximate surface area is 134 Å². The van der Waals surface area contributed by atoms with E-state index in [4.69, 9.17) is 5.26 Å². The third kappa shape index (κ3) is 2.83. The smallest absolute Gasteiger partial charge is 0.284 e. The second-order valence-electron chi connectivity index (χ2n) is 4.54. The molecular weight excluding hydrogens is 352 g/mol. The van der Waals surface area contributed by atoms with Gasteiger partial charge in [0.2, 0.25) is 0 Å². The van der Waals surface area contributed by atoms with E-state index in [0.29, 0.717) is 20.7 Å². The summed E-state index contributed by atoms with van der Waals surface area (Å²) in [5.74, 6) is -0.274. The van der Waals surface area contributed by atoms with Gasteiger partial charge in [0.15, 0.2) is 5.01 Å². The fraction of sp³-hybridized carbons (Fsp3) is 0.214. The fourth-order valence-electron chi connectivity index (χ4n) is 2.14. The number of anilines is 1. The highest BCUT2D eigenvalue weighted by Crippen LogP contribution is 2.26. The molecule has 1 aliphatic rings. The number of carbonyl (C=O) groups is 1. The summed E-state index contributed by atoms with van der Waals surface area (Å²) < 4.78 is 0.658. The maximum Gasteiger partial charge on any atom is 0.284 e. The summed E-state index contributed by atoms with van der Waals surface area (Å²) in [5.41, 5.74) is 1.90. The van der Waals surface area contributed by atoms with Crippen LogP contribution in [0.15, 0.2) is 22.7 Å². The zero-order valence-electron chi connectivity index (χ0n) is 10.9. The first-order valence-corrected chi connectivity index (χ1v) is 7.99. The van der Waals surface area contributed by atoms with E-state index in [9.17, 15) is 4.79 Å². The van der Waals surface area contributed by atoms with Crippen LogP contribution in [0.25, 0.3) is 0 Å². The van der Waals surface area contributed by atoms with E-state index >= 15 is 0 Å². The molecule has 1 aromatic carbocycles. The zero-order chi connectivity index (χ0) is 14.8. The van der Waals surface area contributed by atoms with E-state index < -0.39 is 0 Å². The molecule has 106 valence electrons. The molecule has 0 radical (unpaired) electrons. The van der Waals surface area contributed by atoms with Crippen LogP contribution in [0.5, 0.6) is 0 Å². The summed E-state index contributed by atoms with van der Waals surface area (Å²) in [5, 5.41) is 15.6. The minimum atomic E-state index is -0.274. The number of aromatic nitrogens is 1. The van der Waals surface area contributed by atoms with E-state index in [2.05, 4.69) is 37.6 Å². The van der Waals surface area contributed by atoms with Crippen LogP contribution in [-0.4, -0.2) is 17.4 Å². The largest absolute Gasteiger partial charge is 0.319 e. The van der Waals surface area contributed by atoms with Crippen LogP contribution in [0.4, 0.5) is 5.69 Å². The van der Waals surface area contributed by atoms with Crippen molar-refractivity contribution in [3.8, 4) is 6.07 Å². The van der Waals surface area contributed by atoms with Crippen molar-refractivity contribution in [3.05, 3.63) is 43.8 Å². The maximum atomic E-state index is 12.3. The molecule has 2 aromatic rings. The summed E-state index contributed by atoms with van der Waals surface area (Å²) in [6, 6.07) is 7.33. The number of halogens is 1. The van der Waals surface area contributed by atoms with Crippen molar-refractivity contribution >= 4 is 38.9 Å². The molecule has 0 spiro atoms. The molecule has 21 heavy (non-hydrogen) atoms. The van der Waals surface area contributed by atoms with Crippen LogP contribution in [0, 0.1) is 11.3 Å². The fourth-order valence-corrected chi connectivity index (χ4v) is 3.57. The average molecular weight is 363 g/mol. The minimum absolute atomic E-state index is 0.274. The van der Waals surface area contributed by atoms with Gasteiger partial charge < -0.3 is 10.6 Å². The highest BCUT2D eigenvalue weighted by Gasteiger charge is 2.19. The third-order valence-corrected chi connectivity index (χ3v) is 4.93. The van der Waals surface area contributed by atoms with Crippen LogP contribution in [0.2, 0.25) is 0 Å². The lowest BCUT2D eigenvalue weighted by molar-refractivity contribution is 0.102. The number of hydrogen-bond donors (Lipinski definition) is 2. The molecule has 1 amide bonds. The quantitative estimate of drug-likeness (QED) is 0.860. The van der Waals surface area contributed by atoms with Gasteiger partial charge >= 0.3 is 0 Å². The van der Waals surface area contributed by atoms with E-state index in [0.717, 1.165) is 30.1 Å². The Kier molecular flexibility index (Phi) is 4.01. The molecule has 7 heteroatoms. The molecule has 0 atom stereocenters. The minimum Gasteiger partial charge on any atom is -0.319 e. The van der Waals surface area contributed by atoms with Crippen molar-refractivity contribution in [2.24, 2.45) is 0 Å². The summed E-state index contributed by atoms with van der Waals surface area (Å²) in [6.07, 6.45) is 0.847. The van der Waals surface area contributed by atoms with Gasteiger partial charge in [0.05, 0.1) is 16.9 Å². The number of thiazole rings is 1. The molecular formula is C14H11BrN4OS. The second-order valence-corrected chi connectivity index (χ2v) is 6.48. The molecule has 0 bridgehead atoms. The topological polar surface area (TPSA) is 77.8 Å². The van der Waals surface area contributed by atoms with Gasteiger partial charge in [-0.3, -0.25) is 4.79 Å². The second kappa shape index (κ2) is 5.93. The van der Waals surface area contributed by atoms with E-state index in [1.165, 1.54) is 11.3 Å². The highest BCUT2D eigenvalue weighted by atomic mass is 79.9. The molecule has 2 N–H and O–H groups in total. The first-order chi connectivity index (χ1) is 10.2. The maximum absolute atomic E-state index is 12.3. The van der Waals surface area contributed by atoms with Gasteiger partial charge in [0.1, 0.15) is 6.07 Å². The van der Waals surface area contributed by atoms with Gasteiger partial charge in [-0.15, -0.1) is 11.3 Å². The van der Waals surface area contributed by atoms with Crippen LogP contribution in [0.3, 0.4) is 0 Å². The van der Waals surface area contributed by atoms with Crippen LogP contribution >= 0.6 is 27.3 Å². The molecule has 2 heterocycles. The average Bonchev–Trinajstić information content (AvgIpc) is 2.91. The number of rotatable bonds is 2. The number of nitrogens with zero attached hydrogens (tertiary/aromatic N) is 2. The first kappa shape index (κ1) is 14.2. The molecule has 3 rings (SSSR count). The van der Waals surface area contributed by atoms with Crippen molar-refractivity contribution in [1.82, 2.24) is 10.3 Å². The molecule has 0 saturated heterocycles. The Morgan fingerprint density at radius 2 is 2.38 bits per heavy atom. The van der Waals surface area contributed by atoms with Gasteiger partial charge in [-0.05, 0) is 28.1 Å². The summed E-state index contributed by atoms with van der Waals surface area (Å²) >= 11 is 4.70. The third-order valence-electron chi connectivity index (χ3n) is 3.17. The van der Waals surface area contributed by atoms with Gasteiger partial charge in [-0.2, -0.15) is 5.26 Å². The van der Waals surface area contributed by atoms with Crippen molar-refractivity contribution in [2.45, 2.75) is 13.0 Å². The Morgan fingerprint density at radius 1 is 1.52 bits per heavy atom.